The van der Waals surface area contributed by atoms with Crippen LogP contribution >= 0.6 is 0 Å². The Morgan fingerprint density at radius 1 is 0.826 bits per heavy atom. The minimum atomic E-state index is -3.57. The van der Waals surface area contributed by atoms with E-state index in [0.29, 0.717) is 0 Å². The van der Waals surface area contributed by atoms with Gasteiger partial charge in [0.25, 0.3) is 10.1 Å². The van der Waals surface area contributed by atoms with E-state index in [2.05, 4.69) is 6.92 Å². The first-order valence-corrected chi connectivity index (χ1v) is 10.0. The van der Waals surface area contributed by atoms with Gasteiger partial charge >= 0.3 is 45.5 Å². The van der Waals surface area contributed by atoms with Crippen molar-refractivity contribution in [3.8, 4) is 0 Å². The molecule has 0 aliphatic rings. The van der Waals surface area contributed by atoms with Crippen molar-refractivity contribution in [1.82, 2.24) is 0 Å². The number of hydrogen-bond donors (Lipinski definition) is 0. The molecule has 1 aromatic rings. The summed E-state index contributed by atoms with van der Waals surface area (Å²) in [6, 6.07) is 8.33. The predicted octanol–water partition coefficient (Wildman–Crippen LogP) is 5.16. The van der Waals surface area contributed by atoms with Crippen molar-refractivity contribution in [3.63, 3.8) is 0 Å². The molecule has 0 unspecified atom stereocenters. The maximum Gasteiger partial charge on any atom is 2.00 e. The molecule has 0 amide bonds. The van der Waals surface area contributed by atoms with Crippen molar-refractivity contribution in [1.29, 1.82) is 0 Å². The fraction of sp³-hybridized carbons (Fsp3) is 0.667. The average molecular weight is 416 g/mol. The maximum absolute atomic E-state index is 11.9. The summed E-state index contributed by atoms with van der Waals surface area (Å²) >= 11 is 0. The van der Waals surface area contributed by atoms with Crippen LogP contribution in [0.25, 0.3) is 0 Å². The van der Waals surface area contributed by atoms with Crippen LogP contribution in [0.1, 0.15) is 74.0 Å². The first kappa shape index (κ1) is 23.6. The topological polar surface area (TPSA) is 43.4 Å². The van der Waals surface area contributed by atoms with E-state index < -0.39 is 10.1 Å². The summed E-state index contributed by atoms with van der Waals surface area (Å²) in [7, 11) is -3.57. The fourth-order valence-electron chi connectivity index (χ4n) is 2.41. The maximum atomic E-state index is 11.9. The van der Waals surface area contributed by atoms with E-state index in [1.54, 1.807) is 30.3 Å². The Labute approximate surface area is 182 Å². The third-order valence-electron chi connectivity index (χ3n) is 3.77. The first-order chi connectivity index (χ1) is 10.7. The third kappa shape index (κ3) is 11.7. The monoisotopic (exact) mass is 416 g/mol. The van der Waals surface area contributed by atoms with Crippen molar-refractivity contribution in [2.24, 2.45) is 0 Å². The predicted molar refractivity (Wildman–Crippen MR) is 99.4 cm³/mol. The fourth-order valence-corrected chi connectivity index (χ4v) is 3.38. The Bertz CT molecular complexity index is 484. The van der Waals surface area contributed by atoms with Crippen molar-refractivity contribution in [3.05, 3.63) is 30.3 Å². The molecule has 0 heterocycles. The molecule has 0 spiro atoms. The van der Waals surface area contributed by atoms with E-state index in [9.17, 15) is 8.42 Å². The van der Waals surface area contributed by atoms with E-state index >= 15 is 0 Å². The number of rotatable bonds is 13. The van der Waals surface area contributed by atoms with Crippen LogP contribution in [0.3, 0.4) is 0 Å². The van der Waals surface area contributed by atoms with Crippen LogP contribution in [-0.2, 0) is 14.3 Å². The smallest absolute Gasteiger partial charge is 1.00 e. The molecule has 130 valence electrons. The van der Waals surface area contributed by atoms with Crippen LogP contribution in [0, 0.1) is 0 Å². The number of benzene rings is 1. The summed E-state index contributed by atoms with van der Waals surface area (Å²) in [5.41, 5.74) is 0. The minimum absolute atomic E-state index is 0. The zero-order valence-electron chi connectivity index (χ0n) is 16.5. The summed E-state index contributed by atoms with van der Waals surface area (Å²) in [6.07, 6.45) is 12.3. The Balaban J connectivity index is -0.00000161. The Kier molecular flexibility index (Phi) is 15.3. The van der Waals surface area contributed by atoms with Crippen molar-refractivity contribution in [2.75, 3.05) is 6.61 Å². The van der Waals surface area contributed by atoms with E-state index in [4.69, 9.17) is 4.18 Å². The van der Waals surface area contributed by atoms with Crippen molar-refractivity contribution < 1.29 is 15.5 Å². The molecule has 0 fully saturated rings. The molecular weight excluding hydrogens is 384 g/mol. The van der Waals surface area contributed by atoms with Gasteiger partial charge in [-0.25, -0.2) is 0 Å². The Hall–Kier alpha value is 0.611. The average Bonchev–Trinajstić information content (AvgIpc) is 2.53. The van der Waals surface area contributed by atoms with Gasteiger partial charge in [-0.15, -0.1) is 0 Å². The molecule has 0 radical (unpaired) electrons. The van der Waals surface area contributed by atoms with Gasteiger partial charge in [0.1, 0.15) is 0 Å². The first-order valence-electron chi connectivity index (χ1n) is 8.61. The number of hydrogen-bond acceptors (Lipinski definition) is 3. The zero-order chi connectivity index (χ0) is 16.1. The van der Waals surface area contributed by atoms with Crippen LogP contribution in [0.15, 0.2) is 35.2 Å². The van der Waals surface area contributed by atoms with Crippen LogP contribution in [-0.4, -0.2) is 60.5 Å². The second-order valence-electron chi connectivity index (χ2n) is 5.77. The van der Waals surface area contributed by atoms with Crippen molar-refractivity contribution in [2.45, 2.75) is 76.0 Å². The summed E-state index contributed by atoms with van der Waals surface area (Å²) in [5.74, 6) is 0. The van der Waals surface area contributed by atoms with Gasteiger partial charge in [-0.1, -0.05) is 82.9 Å². The molecule has 0 atom stereocenters. The summed E-state index contributed by atoms with van der Waals surface area (Å²) < 4.78 is 28.8. The summed E-state index contributed by atoms with van der Waals surface area (Å²) in [4.78, 5) is 0.238. The molecule has 3 nitrogen and oxygen atoms in total. The van der Waals surface area contributed by atoms with Gasteiger partial charge in [0.05, 0.1) is 11.5 Å². The minimum Gasteiger partial charge on any atom is -1.00 e. The van der Waals surface area contributed by atoms with E-state index in [1.807, 2.05) is 0 Å². The molecule has 0 aromatic heterocycles. The number of unbranched alkanes of at least 4 members (excludes halogenated alkanes) is 9. The molecule has 0 aliphatic heterocycles. The van der Waals surface area contributed by atoms with Crippen LogP contribution < -0.4 is 0 Å². The van der Waals surface area contributed by atoms with Crippen molar-refractivity contribution >= 4 is 55.6 Å². The van der Waals surface area contributed by atoms with Gasteiger partial charge in [-0.3, -0.25) is 4.18 Å². The molecule has 0 saturated carbocycles. The standard InChI is InChI=1S/C18H30O3S.Sr.2H/c1-2-3-4-5-6-7-8-9-10-14-17-21-22(19,20)18-15-12-11-13-16-18;;;/h11-13,15-16H,2-10,14,17H2,1H3;;;/q;+2;2*-1. The molecule has 0 N–H and O–H groups in total. The molecule has 1 rings (SSSR count). The van der Waals surface area contributed by atoms with Crippen LogP contribution in [0.5, 0.6) is 0 Å². The zero-order valence-corrected chi connectivity index (χ0v) is 18.8. The molecule has 0 saturated heterocycles. The summed E-state index contributed by atoms with van der Waals surface area (Å²) in [6.45, 7) is 2.52. The van der Waals surface area contributed by atoms with Gasteiger partial charge < -0.3 is 2.85 Å². The largest absolute Gasteiger partial charge is 2.00 e. The molecule has 5 heteroatoms. The van der Waals surface area contributed by atoms with Crippen LogP contribution in [0.2, 0.25) is 0 Å². The second kappa shape index (κ2) is 14.9. The SMILES string of the molecule is CCCCCCCCCCCCOS(=O)(=O)c1ccccc1.[H-].[H-].[Sr+2]. The normalized spacial score (nSPS) is 11.2. The molecule has 23 heavy (non-hydrogen) atoms. The van der Waals surface area contributed by atoms with Crippen LogP contribution in [0.4, 0.5) is 0 Å². The molecule has 1 aromatic carbocycles. The molecule has 0 aliphatic carbocycles. The quantitative estimate of drug-likeness (QED) is 0.254. The van der Waals surface area contributed by atoms with Gasteiger partial charge in [-0.05, 0) is 18.6 Å². The third-order valence-corrected chi connectivity index (χ3v) is 5.09. The van der Waals surface area contributed by atoms with Gasteiger partial charge in [0.2, 0.25) is 0 Å². The van der Waals surface area contributed by atoms with E-state index in [0.717, 1.165) is 12.8 Å². The second-order valence-corrected chi connectivity index (χ2v) is 7.39. The molecular formula is C18H32O3SSr. The van der Waals surface area contributed by atoms with E-state index in [-0.39, 0.29) is 59.8 Å². The van der Waals surface area contributed by atoms with E-state index in [1.165, 1.54) is 51.4 Å². The molecule has 0 bridgehead atoms. The van der Waals surface area contributed by atoms with Gasteiger partial charge in [0, 0.05) is 0 Å². The van der Waals surface area contributed by atoms with Gasteiger partial charge in [-0.2, -0.15) is 8.42 Å². The Morgan fingerprint density at radius 3 is 1.83 bits per heavy atom. The Morgan fingerprint density at radius 2 is 1.30 bits per heavy atom. The summed E-state index contributed by atoms with van der Waals surface area (Å²) in [5, 5.41) is 0. The van der Waals surface area contributed by atoms with Gasteiger partial charge in [0.15, 0.2) is 0 Å².